The van der Waals surface area contributed by atoms with Gasteiger partial charge in [0.05, 0.1) is 6.10 Å². The Balaban J connectivity index is 1.93. The molecule has 0 bridgehead atoms. The second-order valence-electron chi connectivity index (χ2n) is 6.22. The summed E-state index contributed by atoms with van der Waals surface area (Å²) in [4.78, 5) is 12.4. The minimum atomic E-state index is -0.356. The Morgan fingerprint density at radius 3 is 2.28 bits per heavy atom. The highest BCUT2D eigenvalue weighted by molar-refractivity contribution is 5.76. The molecule has 2 aromatic carbocycles. The minimum absolute atomic E-state index is 0.147. The van der Waals surface area contributed by atoms with Gasteiger partial charge in [-0.15, -0.1) is 0 Å². The number of esters is 1. The number of nitrogens with one attached hydrogen (secondary N) is 1. The molecule has 0 aliphatic carbocycles. The molecule has 0 aromatic heterocycles. The zero-order valence-corrected chi connectivity index (χ0v) is 15.2. The Kier molecular flexibility index (Phi) is 7.48. The third-order valence-electron chi connectivity index (χ3n) is 3.69. The van der Waals surface area contributed by atoms with Crippen LogP contribution in [0, 0.1) is 0 Å². The molecule has 2 rings (SSSR count). The van der Waals surface area contributed by atoms with E-state index in [2.05, 4.69) is 5.32 Å². The van der Waals surface area contributed by atoms with Gasteiger partial charge in [0.15, 0.2) is 0 Å². The number of hydrogen-bond donors (Lipinski definition) is 1. The predicted octanol–water partition coefficient (Wildman–Crippen LogP) is 3.74. The summed E-state index contributed by atoms with van der Waals surface area (Å²) in [5, 5.41) is 3.21. The van der Waals surface area contributed by atoms with Gasteiger partial charge in [0.2, 0.25) is 0 Å². The van der Waals surface area contributed by atoms with Gasteiger partial charge in [-0.3, -0.25) is 4.79 Å². The van der Waals surface area contributed by atoms with E-state index in [1.165, 1.54) is 0 Å². The normalized spacial score (nSPS) is 12.0. The van der Waals surface area contributed by atoms with Crippen LogP contribution in [0.4, 0.5) is 0 Å². The molecule has 25 heavy (non-hydrogen) atoms. The highest BCUT2D eigenvalue weighted by Gasteiger charge is 2.19. The maximum atomic E-state index is 12.4. The molecular weight excluding hydrogens is 314 g/mol. The van der Waals surface area contributed by atoms with Crippen molar-refractivity contribution in [3.8, 4) is 5.75 Å². The monoisotopic (exact) mass is 341 g/mol. The van der Waals surface area contributed by atoms with E-state index < -0.39 is 0 Å². The molecule has 1 N–H and O–H groups in total. The SMILES string of the molecule is CCN[C@@H](Cc1ccc(OC(C)C)cc1)C(=O)OCc1ccccc1. The Morgan fingerprint density at radius 2 is 1.68 bits per heavy atom. The highest BCUT2D eigenvalue weighted by atomic mass is 16.5. The predicted molar refractivity (Wildman–Crippen MR) is 99.6 cm³/mol. The van der Waals surface area contributed by atoms with E-state index >= 15 is 0 Å². The van der Waals surface area contributed by atoms with Crippen molar-refractivity contribution in [2.75, 3.05) is 6.54 Å². The van der Waals surface area contributed by atoms with Crippen LogP contribution in [0.1, 0.15) is 31.9 Å². The van der Waals surface area contributed by atoms with Gasteiger partial charge >= 0.3 is 5.97 Å². The number of carbonyl (C=O) groups is 1. The van der Waals surface area contributed by atoms with Gasteiger partial charge in [-0.1, -0.05) is 49.4 Å². The van der Waals surface area contributed by atoms with Gasteiger partial charge in [-0.05, 0) is 50.1 Å². The smallest absolute Gasteiger partial charge is 0.323 e. The second-order valence-corrected chi connectivity index (χ2v) is 6.22. The van der Waals surface area contributed by atoms with E-state index in [1.54, 1.807) is 0 Å². The Morgan fingerprint density at radius 1 is 1.00 bits per heavy atom. The van der Waals surface area contributed by atoms with Crippen LogP contribution in [0.25, 0.3) is 0 Å². The lowest BCUT2D eigenvalue weighted by Gasteiger charge is -2.17. The zero-order chi connectivity index (χ0) is 18.1. The van der Waals surface area contributed by atoms with Gasteiger partial charge in [0, 0.05) is 0 Å². The molecule has 0 fully saturated rings. The zero-order valence-electron chi connectivity index (χ0n) is 15.2. The Hall–Kier alpha value is -2.33. The van der Waals surface area contributed by atoms with Crippen LogP contribution in [0.3, 0.4) is 0 Å². The van der Waals surface area contributed by atoms with E-state index in [0.29, 0.717) is 19.6 Å². The van der Waals surface area contributed by atoms with Gasteiger partial charge in [0.25, 0.3) is 0 Å². The molecule has 0 aliphatic heterocycles. The number of benzene rings is 2. The molecule has 0 saturated carbocycles. The van der Waals surface area contributed by atoms with Crippen LogP contribution in [-0.2, 0) is 22.6 Å². The van der Waals surface area contributed by atoms with Crippen LogP contribution >= 0.6 is 0 Å². The topological polar surface area (TPSA) is 47.6 Å². The molecule has 2 aromatic rings. The van der Waals surface area contributed by atoms with Gasteiger partial charge in [-0.2, -0.15) is 0 Å². The first-order valence-corrected chi connectivity index (χ1v) is 8.78. The molecule has 4 heteroatoms. The third-order valence-corrected chi connectivity index (χ3v) is 3.69. The molecule has 0 radical (unpaired) electrons. The molecule has 0 spiro atoms. The summed E-state index contributed by atoms with van der Waals surface area (Å²) in [6.45, 7) is 6.98. The van der Waals surface area contributed by atoms with Crippen molar-refractivity contribution in [3.05, 3.63) is 65.7 Å². The largest absolute Gasteiger partial charge is 0.491 e. The van der Waals surface area contributed by atoms with E-state index in [1.807, 2.05) is 75.4 Å². The quantitative estimate of drug-likeness (QED) is 0.706. The van der Waals surface area contributed by atoms with Crippen molar-refractivity contribution in [3.63, 3.8) is 0 Å². The summed E-state index contributed by atoms with van der Waals surface area (Å²) in [7, 11) is 0. The fraction of sp³-hybridized carbons (Fsp3) is 0.381. The number of ether oxygens (including phenoxy) is 2. The molecule has 0 unspecified atom stereocenters. The van der Waals surface area contributed by atoms with Crippen LogP contribution < -0.4 is 10.1 Å². The summed E-state index contributed by atoms with van der Waals surface area (Å²) < 4.78 is 11.1. The van der Waals surface area contributed by atoms with Gasteiger partial charge in [0.1, 0.15) is 18.4 Å². The van der Waals surface area contributed by atoms with Crippen molar-refractivity contribution >= 4 is 5.97 Å². The molecule has 134 valence electrons. The van der Waals surface area contributed by atoms with Crippen molar-refractivity contribution in [1.82, 2.24) is 5.32 Å². The standard InChI is InChI=1S/C21H27NO3/c1-4-22-20(21(23)24-15-18-8-6-5-7-9-18)14-17-10-12-19(13-11-17)25-16(2)3/h5-13,16,20,22H,4,14-15H2,1-3H3/t20-/m0/s1. The number of carbonyl (C=O) groups excluding carboxylic acids is 1. The summed E-state index contributed by atoms with van der Waals surface area (Å²) >= 11 is 0. The molecule has 0 amide bonds. The van der Waals surface area contributed by atoms with E-state index in [9.17, 15) is 4.79 Å². The molecule has 1 atom stereocenters. The Labute approximate surface area is 150 Å². The van der Waals surface area contributed by atoms with E-state index in [4.69, 9.17) is 9.47 Å². The number of likely N-dealkylation sites (N-methyl/N-ethyl adjacent to an activating group) is 1. The summed E-state index contributed by atoms with van der Waals surface area (Å²) in [5.74, 6) is 0.610. The lowest BCUT2D eigenvalue weighted by atomic mass is 10.1. The average Bonchev–Trinajstić information content (AvgIpc) is 2.61. The Bertz CT molecular complexity index is 638. The molecule has 0 heterocycles. The molecular formula is C21H27NO3. The van der Waals surface area contributed by atoms with Crippen molar-refractivity contribution < 1.29 is 14.3 Å². The van der Waals surface area contributed by atoms with Crippen LogP contribution in [0.2, 0.25) is 0 Å². The first-order chi connectivity index (χ1) is 12.1. The van der Waals surface area contributed by atoms with E-state index in [0.717, 1.165) is 16.9 Å². The maximum absolute atomic E-state index is 12.4. The summed E-state index contributed by atoms with van der Waals surface area (Å²) in [5.41, 5.74) is 2.06. The molecule has 0 aliphatic rings. The van der Waals surface area contributed by atoms with E-state index in [-0.39, 0.29) is 18.1 Å². The highest BCUT2D eigenvalue weighted by Crippen LogP contribution is 2.15. The van der Waals surface area contributed by atoms with Crippen molar-refractivity contribution in [2.45, 2.75) is 45.9 Å². The first-order valence-electron chi connectivity index (χ1n) is 8.78. The third kappa shape index (κ3) is 6.59. The fourth-order valence-corrected chi connectivity index (χ4v) is 2.53. The van der Waals surface area contributed by atoms with Crippen LogP contribution in [-0.4, -0.2) is 24.7 Å². The summed E-state index contributed by atoms with van der Waals surface area (Å²) in [6.07, 6.45) is 0.733. The maximum Gasteiger partial charge on any atom is 0.323 e. The summed E-state index contributed by atoms with van der Waals surface area (Å²) in [6, 6.07) is 17.2. The van der Waals surface area contributed by atoms with Crippen molar-refractivity contribution in [1.29, 1.82) is 0 Å². The number of rotatable bonds is 9. The molecule has 0 saturated heterocycles. The minimum Gasteiger partial charge on any atom is -0.491 e. The fourth-order valence-electron chi connectivity index (χ4n) is 2.53. The number of hydrogen-bond acceptors (Lipinski definition) is 4. The lowest BCUT2D eigenvalue weighted by molar-refractivity contribution is -0.147. The van der Waals surface area contributed by atoms with Crippen molar-refractivity contribution in [2.24, 2.45) is 0 Å². The van der Waals surface area contributed by atoms with Crippen LogP contribution in [0.5, 0.6) is 5.75 Å². The second kappa shape index (κ2) is 9.84. The van der Waals surface area contributed by atoms with Gasteiger partial charge in [-0.25, -0.2) is 0 Å². The van der Waals surface area contributed by atoms with Crippen LogP contribution in [0.15, 0.2) is 54.6 Å². The first kappa shape index (κ1) is 19.0. The molecule has 4 nitrogen and oxygen atoms in total. The average molecular weight is 341 g/mol. The lowest BCUT2D eigenvalue weighted by Crippen LogP contribution is -2.39. The van der Waals surface area contributed by atoms with Gasteiger partial charge < -0.3 is 14.8 Å².